The van der Waals surface area contributed by atoms with Crippen molar-refractivity contribution in [1.82, 2.24) is 0 Å². The molecule has 1 amide bonds. The highest BCUT2D eigenvalue weighted by atomic mass is 35.5. The molecule has 0 unspecified atom stereocenters. The number of benzene rings is 2. The molecule has 0 atom stereocenters. The van der Waals surface area contributed by atoms with E-state index in [4.69, 9.17) is 11.6 Å². The second kappa shape index (κ2) is 8.43. The van der Waals surface area contributed by atoms with E-state index in [1.807, 2.05) is 0 Å². The van der Waals surface area contributed by atoms with Crippen LogP contribution in [0.5, 0.6) is 0 Å². The summed E-state index contributed by atoms with van der Waals surface area (Å²) >= 11 is 5.99. The van der Waals surface area contributed by atoms with E-state index in [0.29, 0.717) is 0 Å². The molecule has 0 fully saturated rings. The predicted molar refractivity (Wildman–Crippen MR) is 90.9 cm³/mol. The molecule has 5 nitrogen and oxygen atoms in total. The Morgan fingerprint density at radius 2 is 1.88 bits per heavy atom. The van der Waals surface area contributed by atoms with Crippen LogP contribution in [0.4, 0.5) is 20.2 Å². The van der Waals surface area contributed by atoms with Crippen LogP contribution in [0.15, 0.2) is 36.4 Å². The van der Waals surface area contributed by atoms with Crippen molar-refractivity contribution in [2.24, 2.45) is 0 Å². The Kier molecular flexibility index (Phi) is 6.30. The van der Waals surface area contributed by atoms with Crippen LogP contribution in [0.2, 0.25) is 5.02 Å². The van der Waals surface area contributed by atoms with E-state index in [-0.39, 0.29) is 40.8 Å². The van der Waals surface area contributed by atoms with Crippen LogP contribution in [-0.2, 0) is 9.53 Å². The quantitative estimate of drug-likeness (QED) is 0.760. The maximum absolute atomic E-state index is 13.5. The lowest BCUT2D eigenvalue weighted by molar-refractivity contribution is -0.115. The summed E-state index contributed by atoms with van der Waals surface area (Å²) in [4.78, 5) is 23.5. The summed E-state index contributed by atoms with van der Waals surface area (Å²) in [5.74, 6) is -2.37. The fourth-order valence-corrected chi connectivity index (χ4v) is 2.19. The van der Waals surface area contributed by atoms with Crippen LogP contribution in [-0.4, -0.2) is 25.5 Å². The van der Waals surface area contributed by atoms with Crippen molar-refractivity contribution in [2.75, 3.05) is 24.3 Å². The van der Waals surface area contributed by atoms with Gasteiger partial charge in [-0.1, -0.05) is 11.6 Å². The molecule has 0 spiro atoms. The van der Waals surface area contributed by atoms with Gasteiger partial charge in [0.05, 0.1) is 29.1 Å². The highest BCUT2D eigenvalue weighted by molar-refractivity contribution is 6.33. The number of carbonyl (C=O) groups is 2. The SMILES string of the molecule is COC(=O)c1ccc(Cl)c(NC(=O)CCNc2ccc(F)cc2F)c1. The number of ether oxygens (including phenoxy) is 1. The number of anilines is 2. The zero-order valence-corrected chi connectivity index (χ0v) is 14.0. The maximum Gasteiger partial charge on any atom is 0.337 e. The molecule has 0 saturated heterocycles. The van der Waals surface area contributed by atoms with Crippen molar-refractivity contribution >= 4 is 34.9 Å². The molecule has 2 rings (SSSR count). The van der Waals surface area contributed by atoms with E-state index in [9.17, 15) is 18.4 Å². The van der Waals surface area contributed by atoms with Gasteiger partial charge in [0.15, 0.2) is 0 Å². The van der Waals surface area contributed by atoms with Crippen LogP contribution in [0.1, 0.15) is 16.8 Å². The molecule has 8 heteroatoms. The van der Waals surface area contributed by atoms with E-state index < -0.39 is 17.6 Å². The van der Waals surface area contributed by atoms with Crippen molar-refractivity contribution < 1.29 is 23.1 Å². The molecule has 2 aromatic carbocycles. The first-order chi connectivity index (χ1) is 11.9. The van der Waals surface area contributed by atoms with Crippen molar-refractivity contribution in [3.8, 4) is 0 Å². The molecule has 2 aromatic rings. The second-order valence-corrected chi connectivity index (χ2v) is 5.44. The summed E-state index contributed by atoms with van der Waals surface area (Å²) in [6.45, 7) is 0.128. The summed E-state index contributed by atoms with van der Waals surface area (Å²) < 4.78 is 30.9. The van der Waals surface area contributed by atoms with Crippen LogP contribution in [0.25, 0.3) is 0 Å². The molecule has 0 aliphatic heterocycles. The van der Waals surface area contributed by atoms with E-state index in [0.717, 1.165) is 12.1 Å². The third kappa shape index (κ3) is 5.15. The molecular weight excluding hydrogens is 354 g/mol. The molecule has 0 aliphatic rings. The van der Waals surface area contributed by atoms with Gasteiger partial charge in [0.2, 0.25) is 5.91 Å². The van der Waals surface area contributed by atoms with Gasteiger partial charge in [0, 0.05) is 19.0 Å². The summed E-state index contributed by atoms with van der Waals surface area (Å²) in [7, 11) is 1.25. The topological polar surface area (TPSA) is 67.4 Å². The van der Waals surface area contributed by atoms with E-state index >= 15 is 0 Å². The Labute approximate surface area is 147 Å². The third-order valence-corrected chi connectivity index (χ3v) is 3.59. The number of nitrogens with one attached hydrogen (secondary N) is 2. The maximum atomic E-state index is 13.5. The van der Waals surface area contributed by atoms with Crippen LogP contribution >= 0.6 is 11.6 Å². The first-order valence-corrected chi connectivity index (χ1v) is 7.65. The molecular formula is C17H15ClF2N2O3. The second-order valence-electron chi connectivity index (χ2n) is 5.04. The molecule has 2 N–H and O–H groups in total. The monoisotopic (exact) mass is 368 g/mol. The fourth-order valence-electron chi connectivity index (χ4n) is 2.02. The van der Waals surface area contributed by atoms with Crippen LogP contribution in [0.3, 0.4) is 0 Å². The summed E-state index contributed by atoms with van der Waals surface area (Å²) in [5.41, 5.74) is 0.608. The van der Waals surface area contributed by atoms with E-state index in [1.54, 1.807) is 0 Å². The first kappa shape index (κ1) is 18.7. The molecule has 0 aromatic heterocycles. The molecule has 0 aliphatic carbocycles. The number of esters is 1. The number of methoxy groups -OCH3 is 1. The smallest absolute Gasteiger partial charge is 0.337 e. The number of halogens is 3. The fraction of sp³-hybridized carbons (Fsp3) is 0.176. The third-order valence-electron chi connectivity index (χ3n) is 3.26. The minimum atomic E-state index is -0.741. The average Bonchev–Trinajstić information content (AvgIpc) is 2.58. The Morgan fingerprint density at radius 1 is 1.12 bits per heavy atom. The number of hydrogen-bond acceptors (Lipinski definition) is 4. The van der Waals surface area contributed by atoms with Gasteiger partial charge in [-0.05, 0) is 30.3 Å². The van der Waals surface area contributed by atoms with Gasteiger partial charge in [-0.3, -0.25) is 4.79 Å². The van der Waals surface area contributed by atoms with Crippen molar-refractivity contribution in [2.45, 2.75) is 6.42 Å². The summed E-state index contributed by atoms with van der Waals surface area (Å²) in [6, 6.07) is 7.46. The standard InChI is InChI=1S/C17H15ClF2N2O3/c1-25-17(24)10-2-4-12(18)15(8-10)22-16(23)6-7-21-14-5-3-11(19)9-13(14)20/h2-5,8-9,21H,6-7H2,1H3,(H,22,23). The van der Waals surface area contributed by atoms with Gasteiger partial charge in [0.25, 0.3) is 0 Å². The number of rotatable bonds is 6. The van der Waals surface area contributed by atoms with Gasteiger partial charge >= 0.3 is 5.97 Å². The Bertz CT molecular complexity index is 799. The lowest BCUT2D eigenvalue weighted by Gasteiger charge is -2.10. The summed E-state index contributed by atoms with van der Waals surface area (Å²) in [5, 5.41) is 5.53. The van der Waals surface area contributed by atoms with Gasteiger partial charge in [-0.2, -0.15) is 0 Å². The van der Waals surface area contributed by atoms with E-state index in [1.165, 1.54) is 31.4 Å². The molecule has 25 heavy (non-hydrogen) atoms. The molecule has 0 bridgehead atoms. The normalized spacial score (nSPS) is 10.2. The van der Waals surface area contributed by atoms with Gasteiger partial charge in [0.1, 0.15) is 11.6 Å². The van der Waals surface area contributed by atoms with Crippen LogP contribution in [0, 0.1) is 11.6 Å². The Balaban J connectivity index is 1.93. The Hall–Kier alpha value is -2.67. The van der Waals surface area contributed by atoms with E-state index in [2.05, 4.69) is 15.4 Å². The van der Waals surface area contributed by atoms with Gasteiger partial charge in [-0.15, -0.1) is 0 Å². The highest BCUT2D eigenvalue weighted by Gasteiger charge is 2.11. The molecule has 0 radical (unpaired) electrons. The van der Waals surface area contributed by atoms with Gasteiger partial charge < -0.3 is 15.4 Å². The van der Waals surface area contributed by atoms with Crippen LogP contribution < -0.4 is 10.6 Å². The van der Waals surface area contributed by atoms with Gasteiger partial charge in [-0.25, -0.2) is 13.6 Å². The van der Waals surface area contributed by atoms with Crippen molar-refractivity contribution in [1.29, 1.82) is 0 Å². The first-order valence-electron chi connectivity index (χ1n) is 7.27. The predicted octanol–water partition coefficient (Wildman–Crippen LogP) is 3.85. The molecule has 132 valence electrons. The highest BCUT2D eigenvalue weighted by Crippen LogP contribution is 2.23. The number of hydrogen-bond donors (Lipinski definition) is 2. The average molecular weight is 369 g/mol. The summed E-state index contributed by atoms with van der Waals surface area (Å²) in [6.07, 6.45) is 0.00952. The zero-order valence-electron chi connectivity index (χ0n) is 13.2. The Morgan fingerprint density at radius 3 is 2.56 bits per heavy atom. The zero-order chi connectivity index (χ0) is 18.4. The van der Waals surface area contributed by atoms with Crippen molar-refractivity contribution in [3.05, 3.63) is 58.6 Å². The molecule has 0 saturated carbocycles. The number of amides is 1. The lowest BCUT2D eigenvalue weighted by Crippen LogP contribution is -2.17. The minimum Gasteiger partial charge on any atom is -0.465 e. The number of carbonyl (C=O) groups excluding carboxylic acids is 2. The lowest BCUT2D eigenvalue weighted by atomic mass is 10.2. The largest absolute Gasteiger partial charge is 0.465 e. The minimum absolute atomic E-state index is 0.00952. The van der Waals surface area contributed by atoms with Crippen molar-refractivity contribution in [3.63, 3.8) is 0 Å². The molecule has 0 heterocycles.